The molecule has 1 aromatic carbocycles. The number of halogens is 3. The van der Waals surface area contributed by atoms with Gasteiger partial charge < -0.3 is 10.1 Å². The molecular formula is C13H11F3N2O. The summed E-state index contributed by atoms with van der Waals surface area (Å²) in [6, 6.07) is 6.35. The van der Waals surface area contributed by atoms with Gasteiger partial charge in [0, 0.05) is 13.1 Å². The lowest BCUT2D eigenvalue weighted by atomic mass is 10.2. The van der Waals surface area contributed by atoms with Gasteiger partial charge in [-0.25, -0.2) is 0 Å². The Hall–Kier alpha value is -2.24. The maximum absolute atomic E-state index is 12.5. The van der Waals surface area contributed by atoms with Gasteiger partial charge in [0.2, 0.25) is 0 Å². The summed E-state index contributed by atoms with van der Waals surface area (Å²) in [5.41, 5.74) is -0.0350. The van der Waals surface area contributed by atoms with Crippen molar-refractivity contribution in [2.45, 2.75) is 6.18 Å². The number of pyridine rings is 1. The highest BCUT2D eigenvalue weighted by Crippen LogP contribution is 2.32. The molecule has 19 heavy (non-hydrogen) atoms. The molecule has 0 amide bonds. The van der Waals surface area contributed by atoms with Crippen molar-refractivity contribution >= 4 is 5.69 Å². The van der Waals surface area contributed by atoms with Crippen LogP contribution in [0.25, 0.3) is 0 Å². The van der Waals surface area contributed by atoms with E-state index in [0.717, 1.165) is 12.1 Å². The largest absolute Gasteiger partial charge is 0.456 e. The molecule has 100 valence electrons. The van der Waals surface area contributed by atoms with Gasteiger partial charge in [-0.1, -0.05) is 6.07 Å². The number of anilines is 1. The van der Waals surface area contributed by atoms with E-state index >= 15 is 0 Å². The number of rotatable bonds is 3. The Kier molecular flexibility index (Phi) is 3.59. The fraction of sp³-hybridized carbons (Fsp3) is 0.154. The van der Waals surface area contributed by atoms with E-state index in [9.17, 15) is 13.2 Å². The van der Waals surface area contributed by atoms with Crippen LogP contribution >= 0.6 is 0 Å². The average molecular weight is 268 g/mol. The van der Waals surface area contributed by atoms with Gasteiger partial charge >= 0.3 is 6.18 Å². The van der Waals surface area contributed by atoms with Gasteiger partial charge in [-0.3, -0.25) is 4.98 Å². The molecule has 0 aliphatic heterocycles. The van der Waals surface area contributed by atoms with Crippen LogP contribution in [0.1, 0.15) is 5.56 Å². The number of nitrogens with zero attached hydrogens (tertiary/aromatic N) is 1. The third-order valence-corrected chi connectivity index (χ3v) is 2.40. The number of benzene rings is 1. The molecule has 6 heteroatoms. The summed E-state index contributed by atoms with van der Waals surface area (Å²) in [6.07, 6.45) is -1.37. The van der Waals surface area contributed by atoms with Crippen molar-refractivity contribution in [1.82, 2.24) is 4.98 Å². The maximum Gasteiger partial charge on any atom is 0.416 e. The van der Waals surface area contributed by atoms with Crippen molar-refractivity contribution in [3.63, 3.8) is 0 Å². The second-order valence-corrected chi connectivity index (χ2v) is 3.79. The van der Waals surface area contributed by atoms with Gasteiger partial charge in [0.1, 0.15) is 11.5 Å². The van der Waals surface area contributed by atoms with Crippen molar-refractivity contribution in [1.29, 1.82) is 0 Å². The van der Waals surface area contributed by atoms with Gasteiger partial charge in [0.15, 0.2) is 0 Å². The molecular weight excluding hydrogens is 257 g/mol. The lowest BCUT2D eigenvalue weighted by Crippen LogP contribution is -2.04. The van der Waals surface area contributed by atoms with E-state index in [1.807, 2.05) is 0 Å². The van der Waals surface area contributed by atoms with Crippen LogP contribution in [0, 0.1) is 0 Å². The molecule has 3 nitrogen and oxygen atoms in total. The minimum Gasteiger partial charge on any atom is -0.456 e. The predicted octanol–water partition coefficient (Wildman–Crippen LogP) is 3.93. The maximum atomic E-state index is 12.5. The van der Waals surface area contributed by atoms with Crippen molar-refractivity contribution in [2.24, 2.45) is 0 Å². The van der Waals surface area contributed by atoms with E-state index in [4.69, 9.17) is 4.74 Å². The van der Waals surface area contributed by atoms with Crippen LogP contribution in [0.5, 0.6) is 11.5 Å². The molecule has 0 radical (unpaired) electrons. The molecule has 0 bridgehead atoms. The van der Waals surface area contributed by atoms with E-state index in [1.54, 1.807) is 19.3 Å². The number of ether oxygens (including phenoxy) is 1. The molecule has 0 atom stereocenters. The number of hydrogen-bond donors (Lipinski definition) is 1. The minimum atomic E-state index is -4.38. The summed E-state index contributed by atoms with van der Waals surface area (Å²) >= 11 is 0. The summed E-state index contributed by atoms with van der Waals surface area (Å²) < 4.78 is 43.0. The number of aromatic nitrogens is 1. The Balaban J connectivity index is 2.23. The molecule has 2 aromatic rings. The highest BCUT2D eigenvalue weighted by molar-refractivity contribution is 5.45. The van der Waals surface area contributed by atoms with E-state index in [1.165, 1.54) is 18.3 Å². The van der Waals surface area contributed by atoms with Gasteiger partial charge in [-0.05, 0) is 18.2 Å². The Morgan fingerprint density at radius 1 is 1.11 bits per heavy atom. The topological polar surface area (TPSA) is 34.2 Å². The zero-order valence-electron chi connectivity index (χ0n) is 10.0. The standard InChI is InChI=1S/C13H11F3N2O/c1-17-10-6-12(8-18-7-10)19-11-4-2-3-9(5-11)13(14,15)16/h2-8,17H,1H3. The zero-order valence-corrected chi connectivity index (χ0v) is 10.0. The smallest absolute Gasteiger partial charge is 0.416 e. The first-order valence-corrected chi connectivity index (χ1v) is 5.47. The van der Waals surface area contributed by atoms with Gasteiger partial charge in [-0.15, -0.1) is 0 Å². The Bertz CT molecular complexity index is 570. The average Bonchev–Trinajstić information content (AvgIpc) is 2.38. The zero-order chi connectivity index (χ0) is 13.9. The first kappa shape index (κ1) is 13.2. The van der Waals surface area contributed by atoms with E-state index in [-0.39, 0.29) is 5.75 Å². The molecule has 0 fully saturated rings. The third-order valence-electron chi connectivity index (χ3n) is 2.40. The first-order chi connectivity index (χ1) is 8.99. The SMILES string of the molecule is CNc1cncc(Oc2cccc(C(F)(F)F)c2)c1. The van der Waals surface area contributed by atoms with E-state index < -0.39 is 11.7 Å². The lowest BCUT2D eigenvalue weighted by molar-refractivity contribution is -0.137. The van der Waals surface area contributed by atoms with Crippen LogP contribution in [-0.4, -0.2) is 12.0 Å². The van der Waals surface area contributed by atoms with Crippen LogP contribution in [0.15, 0.2) is 42.7 Å². The molecule has 1 aromatic heterocycles. The Morgan fingerprint density at radius 2 is 1.89 bits per heavy atom. The quantitative estimate of drug-likeness (QED) is 0.915. The molecule has 1 heterocycles. The van der Waals surface area contributed by atoms with Crippen LogP contribution < -0.4 is 10.1 Å². The second-order valence-electron chi connectivity index (χ2n) is 3.79. The van der Waals surface area contributed by atoms with Gasteiger partial charge in [0.25, 0.3) is 0 Å². The molecule has 0 aliphatic rings. The van der Waals surface area contributed by atoms with Crippen LogP contribution in [0.3, 0.4) is 0 Å². The monoisotopic (exact) mass is 268 g/mol. The number of nitrogens with one attached hydrogen (secondary N) is 1. The molecule has 0 unspecified atom stereocenters. The second kappa shape index (κ2) is 5.17. The van der Waals surface area contributed by atoms with E-state index in [0.29, 0.717) is 11.4 Å². The van der Waals surface area contributed by atoms with Gasteiger partial charge in [0.05, 0.1) is 23.6 Å². The van der Waals surface area contributed by atoms with Crippen molar-refractivity contribution < 1.29 is 17.9 Å². The number of hydrogen-bond acceptors (Lipinski definition) is 3. The summed E-state index contributed by atoms with van der Waals surface area (Å²) in [7, 11) is 1.71. The van der Waals surface area contributed by atoms with Crippen LogP contribution in [0.4, 0.5) is 18.9 Å². The first-order valence-electron chi connectivity index (χ1n) is 5.47. The van der Waals surface area contributed by atoms with Crippen LogP contribution in [-0.2, 0) is 6.18 Å². The van der Waals surface area contributed by atoms with E-state index in [2.05, 4.69) is 10.3 Å². The third kappa shape index (κ3) is 3.37. The summed E-state index contributed by atoms with van der Waals surface area (Å²) in [4.78, 5) is 3.91. The highest BCUT2D eigenvalue weighted by Gasteiger charge is 2.30. The Labute approximate surface area is 108 Å². The summed E-state index contributed by atoms with van der Waals surface area (Å²) in [6.45, 7) is 0. The lowest BCUT2D eigenvalue weighted by Gasteiger charge is -2.10. The fourth-order valence-electron chi connectivity index (χ4n) is 1.48. The molecule has 0 spiro atoms. The van der Waals surface area contributed by atoms with Gasteiger partial charge in [-0.2, -0.15) is 13.2 Å². The molecule has 0 aliphatic carbocycles. The van der Waals surface area contributed by atoms with Crippen molar-refractivity contribution in [3.05, 3.63) is 48.3 Å². The summed E-state index contributed by atoms with van der Waals surface area (Å²) in [5, 5.41) is 2.87. The minimum absolute atomic E-state index is 0.116. The van der Waals surface area contributed by atoms with Crippen LogP contribution in [0.2, 0.25) is 0 Å². The molecule has 1 N–H and O–H groups in total. The molecule has 0 saturated heterocycles. The Morgan fingerprint density at radius 3 is 2.58 bits per heavy atom. The predicted molar refractivity (Wildman–Crippen MR) is 65.3 cm³/mol. The summed E-state index contributed by atoms with van der Waals surface area (Å²) in [5.74, 6) is 0.482. The van der Waals surface area contributed by atoms with Crippen molar-refractivity contribution in [3.8, 4) is 11.5 Å². The molecule has 0 saturated carbocycles. The highest BCUT2D eigenvalue weighted by atomic mass is 19.4. The van der Waals surface area contributed by atoms with Crippen molar-refractivity contribution in [2.75, 3.05) is 12.4 Å². The number of alkyl halides is 3. The normalized spacial score (nSPS) is 11.2. The molecule has 2 rings (SSSR count). The fourth-order valence-corrected chi connectivity index (χ4v) is 1.48.